The summed E-state index contributed by atoms with van der Waals surface area (Å²) < 4.78 is 10.7. The molecule has 0 spiro atoms. The van der Waals surface area contributed by atoms with Crippen molar-refractivity contribution >= 4 is 17.6 Å². The Morgan fingerprint density at radius 2 is 1.67 bits per heavy atom. The number of carbonyl (C=O) groups excluding carboxylic acids is 1. The second kappa shape index (κ2) is 6.64. The zero-order valence-electron chi connectivity index (χ0n) is 12.3. The predicted molar refractivity (Wildman–Crippen MR) is 83.2 cm³/mol. The minimum atomic E-state index is -0.445. The van der Waals surface area contributed by atoms with E-state index in [1.165, 1.54) is 0 Å². The van der Waals surface area contributed by atoms with Gasteiger partial charge in [0, 0.05) is 5.02 Å². The van der Waals surface area contributed by atoms with Crippen molar-refractivity contribution in [1.29, 1.82) is 0 Å². The molecule has 0 atom stereocenters. The predicted octanol–water partition coefficient (Wildman–Crippen LogP) is 4.25. The SMILES string of the molecule is Cc1ccccc1OCC(=O)Oc1cc(C)c(Cl)c(C)c1. The zero-order valence-corrected chi connectivity index (χ0v) is 13.0. The Balaban J connectivity index is 1.98. The number of carbonyl (C=O) groups is 1. The second-order valence-electron chi connectivity index (χ2n) is 4.90. The smallest absolute Gasteiger partial charge is 0.349 e. The molecule has 0 aliphatic heterocycles. The standard InChI is InChI=1S/C17H17ClO3/c1-11-6-4-5-7-15(11)20-10-16(19)21-14-8-12(2)17(18)13(3)9-14/h4-9H,10H2,1-3H3. The molecule has 0 saturated heterocycles. The van der Waals surface area contributed by atoms with E-state index in [9.17, 15) is 4.79 Å². The molecule has 3 nitrogen and oxygen atoms in total. The first kappa shape index (κ1) is 15.4. The largest absolute Gasteiger partial charge is 0.482 e. The molecule has 21 heavy (non-hydrogen) atoms. The van der Waals surface area contributed by atoms with Crippen LogP contribution < -0.4 is 9.47 Å². The van der Waals surface area contributed by atoms with Crippen molar-refractivity contribution in [1.82, 2.24) is 0 Å². The molecule has 0 saturated carbocycles. The van der Waals surface area contributed by atoms with E-state index in [4.69, 9.17) is 21.1 Å². The van der Waals surface area contributed by atoms with Crippen LogP contribution in [0.3, 0.4) is 0 Å². The van der Waals surface area contributed by atoms with Crippen LogP contribution >= 0.6 is 11.6 Å². The highest BCUT2D eigenvalue weighted by atomic mass is 35.5. The third-order valence-corrected chi connectivity index (χ3v) is 3.68. The Kier molecular flexibility index (Phi) is 4.86. The summed E-state index contributed by atoms with van der Waals surface area (Å²) in [5.41, 5.74) is 2.72. The monoisotopic (exact) mass is 304 g/mol. The number of hydrogen-bond donors (Lipinski definition) is 0. The maximum atomic E-state index is 11.8. The number of benzene rings is 2. The molecule has 0 radical (unpaired) electrons. The molecule has 4 heteroatoms. The molecule has 0 fully saturated rings. The van der Waals surface area contributed by atoms with Crippen LogP contribution in [0, 0.1) is 20.8 Å². The van der Waals surface area contributed by atoms with Crippen LogP contribution in [0.1, 0.15) is 16.7 Å². The second-order valence-corrected chi connectivity index (χ2v) is 5.28. The minimum Gasteiger partial charge on any atom is -0.482 e. The number of rotatable bonds is 4. The number of aryl methyl sites for hydroxylation is 3. The molecule has 2 aromatic carbocycles. The Bertz CT molecular complexity index is 642. The minimum absolute atomic E-state index is 0.133. The van der Waals surface area contributed by atoms with Crippen molar-refractivity contribution in [3.05, 3.63) is 58.1 Å². The summed E-state index contributed by atoms with van der Waals surface area (Å²) >= 11 is 6.08. The third-order valence-electron chi connectivity index (χ3n) is 3.08. The highest BCUT2D eigenvalue weighted by Gasteiger charge is 2.10. The van der Waals surface area contributed by atoms with Crippen LogP contribution in [0.15, 0.2) is 36.4 Å². The molecular weight excluding hydrogens is 288 g/mol. The fraction of sp³-hybridized carbons (Fsp3) is 0.235. The van der Waals surface area contributed by atoms with Crippen molar-refractivity contribution in [2.45, 2.75) is 20.8 Å². The Labute approximate surface area is 129 Å². The van der Waals surface area contributed by atoms with Crippen molar-refractivity contribution in [2.24, 2.45) is 0 Å². The van der Waals surface area contributed by atoms with Crippen molar-refractivity contribution in [3.8, 4) is 11.5 Å². The van der Waals surface area contributed by atoms with Gasteiger partial charge in [-0.2, -0.15) is 0 Å². The van der Waals surface area contributed by atoms with Gasteiger partial charge < -0.3 is 9.47 Å². The van der Waals surface area contributed by atoms with Crippen molar-refractivity contribution < 1.29 is 14.3 Å². The summed E-state index contributed by atoms with van der Waals surface area (Å²) in [6.45, 7) is 5.53. The highest BCUT2D eigenvalue weighted by molar-refractivity contribution is 6.32. The van der Waals surface area contributed by atoms with Gasteiger partial charge in [-0.05, 0) is 55.7 Å². The van der Waals surface area contributed by atoms with E-state index in [1.807, 2.05) is 45.0 Å². The fourth-order valence-corrected chi connectivity index (χ4v) is 2.09. The van der Waals surface area contributed by atoms with Crippen LogP contribution in [-0.4, -0.2) is 12.6 Å². The van der Waals surface area contributed by atoms with Gasteiger partial charge in [0.05, 0.1) is 0 Å². The molecule has 0 aliphatic carbocycles. The molecule has 2 aromatic rings. The van der Waals surface area contributed by atoms with Gasteiger partial charge in [0.15, 0.2) is 6.61 Å². The molecule has 0 unspecified atom stereocenters. The Morgan fingerprint density at radius 1 is 1.05 bits per heavy atom. The Morgan fingerprint density at radius 3 is 2.29 bits per heavy atom. The number of ether oxygens (including phenoxy) is 2. The van der Waals surface area contributed by atoms with Crippen molar-refractivity contribution in [2.75, 3.05) is 6.61 Å². The van der Waals surface area contributed by atoms with Gasteiger partial charge in [0.1, 0.15) is 11.5 Å². The van der Waals surface area contributed by atoms with E-state index in [0.717, 1.165) is 16.7 Å². The average Bonchev–Trinajstić information content (AvgIpc) is 2.44. The highest BCUT2D eigenvalue weighted by Crippen LogP contribution is 2.26. The van der Waals surface area contributed by atoms with Gasteiger partial charge in [-0.15, -0.1) is 0 Å². The van der Waals surface area contributed by atoms with Gasteiger partial charge in [-0.25, -0.2) is 4.79 Å². The summed E-state index contributed by atoms with van der Waals surface area (Å²) in [4.78, 5) is 11.8. The van der Waals surface area contributed by atoms with Crippen LogP contribution in [0.25, 0.3) is 0 Å². The summed E-state index contributed by atoms with van der Waals surface area (Å²) in [6.07, 6.45) is 0. The zero-order chi connectivity index (χ0) is 15.4. The van der Waals surface area contributed by atoms with E-state index in [1.54, 1.807) is 12.1 Å². The number of para-hydroxylation sites is 1. The van der Waals surface area contributed by atoms with Gasteiger partial charge in [-0.3, -0.25) is 0 Å². The topological polar surface area (TPSA) is 35.5 Å². The lowest BCUT2D eigenvalue weighted by molar-refractivity contribution is -0.136. The lowest BCUT2D eigenvalue weighted by atomic mass is 10.1. The third kappa shape index (κ3) is 3.99. The Hall–Kier alpha value is -2.00. The van der Waals surface area contributed by atoms with E-state index < -0.39 is 5.97 Å². The summed E-state index contributed by atoms with van der Waals surface area (Å²) in [6, 6.07) is 11.0. The maximum Gasteiger partial charge on any atom is 0.349 e. The van der Waals surface area contributed by atoms with Crippen molar-refractivity contribution in [3.63, 3.8) is 0 Å². The molecule has 0 amide bonds. The van der Waals surface area contributed by atoms with Gasteiger partial charge >= 0.3 is 5.97 Å². The first-order valence-corrected chi connectivity index (χ1v) is 7.01. The molecule has 0 aliphatic rings. The molecular formula is C17H17ClO3. The number of esters is 1. The molecule has 0 aromatic heterocycles. The average molecular weight is 305 g/mol. The van der Waals surface area contributed by atoms with Crippen LogP contribution in [-0.2, 0) is 4.79 Å². The molecule has 110 valence electrons. The normalized spacial score (nSPS) is 10.3. The summed E-state index contributed by atoms with van der Waals surface area (Å²) in [5, 5.41) is 0.686. The van der Waals surface area contributed by atoms with E-state index in [2.05, 4.69) is 0 Å². The van der Waals surface area contributed by atoms with Crippen LogP contribution in [0.5, 0.6) is 11.5 Å². The first-order valence-electron chi connectivity index (χ1n) is 6.63. The number of halogens is 1. The maximum absolute atomic E-state index is 11.8. The molecule has 0 N–H and O–H groups in total. The molecule has 2 rings (SSSR count). The van der Waals surface area contributed by atoms with E-state index in [0.29, 0.717) is 16.5 Å². The lowest BCUT2D eigenvalue weighted by Gasteiger charge is -2.10. The quantitative estimate of drug-likeness (QED) is 0.626. The van der Waals surface area contributed by atoms with E-state index >= 15 is 0 Å². The summed E-state index contributed by atoms with van der Waals surface area (Å²) in [7, 11) is 0. The summed E-state index contributed by atoms with van der Waals surface area (Å²) in [5.74, 6) is 0.713. The van der Waals surface area contributed by atoms with Gasteiger partial charge in [-0.1, -0.05) is 29.8 Å². The fourth-order valence-electron chi connectivity index (χ4n) is 1.98. The van der Waals surface area contributed by atoms with Gasteiger partial charge in [0.25, 0.3) is 0 Å². The van der Waals surface area contributed by atoms with Crippen LogP contribution in [0.4, 0.5) is 0 Å². The molecule has 0 heterocycles. The van der Waals surface area contributed by atoms with Gasteiger partial charge in [0.2, 0.25) is 0 Å². The lowest BCUT2D eigenvalue weighted by Crippen LogP contribution is -2.18. The number of hydrogen-bond acceptors (Lipinski definition) is 3. The van der Waals surface area contributed by atoms with E-state index in [-0.39, 0.29) is 6.61 Å². The first-order chi connectivity index (χ1) is 9.97. The molecule has 0 bridgehead atoms. The van der Waals surface area contributed by atoms with Crippen LogP contribution in [0.2, 0.25) is 5.02 Å².